The number of carbonyl (C=O) groups is 1. The summed E-state index contributed by atoms with van der Waals surface area (Å²) >= 11 is 0. The smallest absolute Gasteiger partial charge is 0.248 e. The van der Waals surface area contributed by atoms with Crippen LogP contribution in [0.1, 0.15) is 41.8 Å². The Morgan fingerprint density at radius 1 is 1.13 bits per heavy atom. The molecule has 2 unspecified atom stereocenters. The Hall–Kier alpha value is -2.98. The van der Waals surface area contributed by atoms with Gasteiger partial charge in [0.1, 0.15) is 0 Å². The summed E-state index contributed by atoms with van der Waals surface area (Å²) in [6.45, 7) is 7.65. The van der Waals surface area contributed by atoms with Crippen molar-refractivity contribution in [1.82, 2.24) is 9.88 Å². The molecule has 1 aliphatic heterocycles. The maximum Gasteiger partial charge on any atom is 0.248 e. The van der Waals surface area contributed by atoms with Crippen molar-refractivity contribution in [2.45, 2.75) is 32.2 Å². The minimum absolute atomic E-state index is 0.0477. The van der Waals surface area contributed by atoms with Crippen LogP contribution in [0, 0.1) is 5.92 Å². The van der Waals surface area contributed by atoms with Gasteiger partial charge in [0.05, 0.1) is 0 Å². The molecule has 3 aromatic rings. The number of nitrogens with zero attached hydrogens (tertiary/aromatic N) is 2. The van der Waals surface area contributed by atoms with E-state index in [-0.39, 0.29) is 11.3 Å². The van der Waals surface area contributed by atoms with E-state index >= 15 is 0 Å². The Morgan fingerprint density at radius 3 is 2.60 bits per heavy atom. The molecular formula is C26H29N3O. The van der Waals surface area contributed by atoms with E-state index in [4.69, 9.17) is 5.73 Å². The zero-order valence-electron chi connectivity index (χ0n) is 17.7. The predicted molar refractivity (Wildman–Crippen MR) is 121 cm³/mol. The van der Waals surface area contributed by atoms with E-state index in [1.807, 2.05) is 24.4 Å². The van der Waals surface area contributed by atoms with Crippen LogP contribution in [-0.2, 0) is 12.0 Å². The summed E-state index contributed by atoms with van der Waals surface area (Å²) in [6, 6.07) is 20.7. The number of amides is 1. The van der Waals surface area contributed by atoms with E-state index in [1.165, 1.54) is 16.7 Å². The van der Waals surface area contributed by atoms with Gasteiger partial charge in [-0.25, -0.2) is 0 Å². The highest BCUT2D eigenvalue weighted by Gasteiger charge is 2.38. The highest BCUT2D eigenvalue weighted by molar-refractivity contribution is 5.92. The van der Waals surface area contributed by atoms with Crippen LogP contribution < -0.4 is 5.73 Å². The van der Waals surface area contributed by atoms with Crippen molar-refractivity contribution in [3.63, 3.8) is 0 Å². The van der Waals surface area contributed by atoms with Crippen molar-refractivity contribution >= 4 is 5.91 Å². The largest absolute Gasteiger partial charge is 0.366 e. The van der Waals surface area contributed by atoms with Crippen LogP contribution in [0.25, 0.3) is 11.1 Å². The van der Waals surface area contributed by atoms with E-state index in [2.05, 4.69) is 60.1 Å². The van der Waals surface area contributed by atoms with Crippen LogP contribution in [0.3, 0.4) is 0 Å². The molecule has 1 fully saturated rings. The summed E-state index contributed by atoms with van der Waals surface area (Å²) in [5.41, 5.74) is 11.0. The lowest BCUT2D eigenvalue weighted by atomic mass is 9.68. The minimum atomic E-state index is -0.361. The van der Waals surface area contributed by atoms with E-state index in [0.717, 1.165) is 31.6 Å². The number of hydrogen-bond donors (Lipinski definition) is 1. The molecule has 4 nitrogen and oxygen atoms in total. The van der Waals surface area contributed by atoms with Gasteiger partial charge in [-0.2, -0.15) is 0 Å². The Bertz CT molecular complexity index is 1020. The van der Waals surface area contributed by atoms with Gasteiger partial charge in [0, 0.05) is 31.0 Å². The van der Waals surface area contributed by atoms with Crippen LogP contribution in [-0.4, -0.2) is 28.9 Å². The second-order valence-electron chi connectivity index (χ2n) is 8.69. The molecule has 0 bridgehead atoms. The molecule has 4 rings (SSSR count). The molecule has 1 aromatic heterocycles. The number of carbonyl (C=O) groups excluding carboxylic acids is 1. The fourth-order valence-corrected chi connectivity index (χ4v) is 4.51. The van der Waals surface area contributed by atoms with Crippen molar-refractivity contribution in [1.29, 1.82) is 0 Å². The maximum absolute atomic E-state index is 11.6. The summed E-state index contributed by atoms with van der Waals surface area (Å²) in [5, 5.41) is 0. The molecule has 30 heavy (non-hydrogen) atoms. The summed E-state index contributed by atoms with van der Waals surface area (Å²) < 4.78 is 0. The van der Waals surface area contributed by atoms with Gasteiger partial charge in [0.2, 0.25) is 5.91 Å². The fraction of sp³-hybridized carbons (Fsp3) is 0.308. The molecule has 0 saturated carbocycles. The Kier molecular flexibility index (Phi) is 5.69. The highest BCUT2D eigenvalue weighted by Crippen LogP contribution is 2.40. The average Bonchev–Trinajstić information content (AvgIpc) is 2.77. The van der Waals surface area contributed by atoms with Crippen LogP contribution in [0.5, 0.6) is 0 Å². The topological polar surface area (TPSA) is 59.2 Å². The Labute approximate surface area is 178 Å². The lowest BCUT2D eigenvalue weighted by molar-refractivity contribution is 0.0996. The molecule has 0 aliphatic carbocycles. The van der Waals surface area contributed by atoms with Crippen molar-refractivity contribution in [3.05, 3.63) is 89.7 Å². The molecule has 1 saturated heterocycles. The summed E-state index contributed by atoms with van der Waals surface area (Å²) in [7, 11) is 0. The number of aromatic nitrogens is 1. The van der Waals surface area contributed by atoms with Gasteiger partial charge in [-0.1, -0.05) is 56.3 Å². The summed E-state index contributed by atoms with van der Waals surface area (Å²) in [4.78, 5) is 18.3. The molecule has 0 radical (unpaired) electrons. The zero-order valence-corrected chi connectivity index (χ0v) is 17.7. The Balaban J connectivity index is 1.43. The first kappa shape index (κ1) is 20.3. The number of piperidine rings is 1. The van der Waals surface area contributed by atoms with Crippen molar-refractivity contribution in [2.24, 2.45) is 11.7 Å². The minimum Gasteiger partial charge on any atom is -0.366 e. The van der Waals surface area contributed by atoms with Gasteiger partial charge in [0.15, 0.2) is 0 Å². The Morgan fingerprint density at radius 2 is 1.93 bits per heavy atom. The van der Waals surface area contributed by atoms with Gasteiger partial charge >= 0.3 is 0 Å². The highest BCUT2D eigenvalue weighted by atomic mass is 16.1. The van der Waals surface area contributed by atoms with E-state index in [1.54, 1.807) is 12.3 Å². The molecule has 1 aliphatic rings. The molecule has 0 spiro atoms. The number of primary amides is 1. The standard InChI is InChI=1S/C26H29N3O/c1-19-17-29(14-12-26(19,2)24-7-3-5-22(15-24)25(27)30)18-20-8-10-21(11-9-20)23-6-4-13-28-16-23/h3-11,13,15-16,19H,12,14,17-18H2,1-2H3,(H2,27,30). The number of likely N-dealkylation sites (tertiary alicyclic amines) is 1. The predicted octanol–water partition coefficient (Wildman–Crippen LogP) is 4.65. The first-order valence-corrected chi connectivity index (χ1v) is 10.6. The van der Waals surface area contributed by atoms with Gasteiger partial charge in [0.25, 0.3) is 0 Å². The van der Waals surface area contributed by atoms with Crippen LogP contribution in [0.2, 0.25) is 0 Å². The van der Waals surface area contributed by atoms with Gasteiger partial charge in [-0.3, -0.25) is 14.7 Å². The van der Waals surface area contributed by atoms with Gasteiger partial charge < -0.3 is 5.73 Å². The monoisotopic (exact) mass is 399 g/mol. The number of benzene rings is 2. The lowest BCUT2D eigenvalue weighted by Crippen LogP contribution is -2.47. The third-order valence-electron chi connectivity index (χ3n) is 6.73. The number of hydrogen-bond acceptors (Lipinski definition) is 3. The third kappa shape index (κ3) is 4.14. The molecule has 154 valence electrons. The van der Waals surface area contributed by atoms with Crippen LogP contribution >= 0.6 is 0 Å². The summed E-state index contributed by atoms with van der Waals surface area (Å²) in [6.07, 6.45) is 4.76. The van der Waals surface area contributed by atoms with E-state index < -0.39 is 0 Å². The molecule has 2 heterocycles. The summed E-state index contributed by atoms with van der Waals surface area (Å²) in [5.74, 6) is 0.115. The quantitative estimate of drug-likeness (QED) is 0.679. The fourth-order valence-electron chi connectivity index (χ4n) is 4.51. The normalized spacial score (nSPS) is 22.0. The van der Waals surface area contributed by atoms with E-state index in [0.29, 0.717) is 11.5 Å². The number of rotatable bonds is 5. The molecule has 2 aromatic carbocycles. The number of nitrogens with two attached hydrogens (primary N) is 1. The zero-order chi connectivity index (χ0) is 21.1. The molecule has 4 heteroatoms. The first-order chi connectivity index (χ1) is 14.5. The van der Waals surface area contributed by atoms with Gasteiger partial charge in [-0.15, -0.1) is 0 Å². The van der Waals surface area contributed by atoms with Crippen molar-refractivity contribution < 1.29 is 4.79 Å². The van der Waals surface area contributed by atoms with Gasteiger partial charge in [-0.05, 0) is 64.8 Å². The van der Waals surface area contributed by atoms with Crippen molar-refractivity contribution in [2.75, 3.05) is 13.1 Å². The first-order valence-electron chi connectivity index (χ1n) is 10.6. The maximum atomic E-state index is 11.6. The molecular weight excluding hydrogens is 370 g/mol. The van der Waals surface area contributed by atoms with Crippen LogP contribution in [0.15, 0.2) is 73.1 Å². The second-order valence-corrected chi connectivity index (χ2v) is 8.69. The van der Waals surface area contributed by atoms with Crippen molar-refractivity contribution in [3.8, 4) is 11.1 Å². The SMILES string of the molecule is CC1CN(Cc2ccc(-c3cccnc3)cc2)CCC1(C)c1cccc(C(N)=O)c1. The molecule has 1 amide bonds. The third-order valence-corrected chi connectivity index (χ3v) is 6.73. The molecule has 2 N–H and O–H groups in total. The average molecular weight is 400 g/mol. The number of pyridine rings is 1. The second kappa shape index (κ2) is 8.41. The van der Waals surface area contributed by atoms with Crippen LogP contribution in [0.4, 0.5) is 0 Å². The lowest BCUT2D eigenvalue weighted by Gasteiger charge is -2.45. The van der Waals surface area contributed by atoms with E-state index in [9.17, 15) is 4.79 Å². The molecule has 2 atom stereocenters.